The van der Waals surface area contributed by atoms with Gasteiger partial charge in [0.05, 0.1) is 0 Å². The molecule has 0 radical (unpaired) electrons. The van der Waals surface area contributed by atoms with E-state index in [1.165, 1.54) is 12.0 Å². The van der Waals surface area contributed by atoms with Crippen molar-refractivity contribution in [3.05, 3.63) is 35.4 Å². The van der Waals surface area contributed by atoms with Gasteiger partial charge in [0, 0.05) is 5.54 Å². The largest absolute Gasteiger partial charge is 0.312 e. The third-order valence-electron chi connectivity index (χ3n) is 3.41. The maximum Gasteiger partial charge on any atom is 0.00966 e. The number of hydrogen-bond donors (Lipinski definition) is 1. The Bertz CT molecular complexity index is 362. The van der Waals surface area contributed by atoms with Crippen LogP contribution in [0.4, 0.5) is 0 Å². The minimum Gasteiger partial charge on any atom is -0.312 e. The van der Waals surface area contributed by atoms with Gasteiger partial charge >= 0.3 is 0 Å². The molecule has 1 aliphatic carbocycles. The summed E-state index contributed by atoms with van der Waals surface area (Å²) < 4.78 is 0. The number of benzene rings is 1. The van der Waals surface area contributed by atoms with Crippen molar-refractivity contribution in [2.45, 2.75) is 45.6 Å². The van der Waals surface area contributed by atoms with Gasteiger partial charge in [-0.2, -0.15) is 0 Å². The molecule has 0 amide bonds. The van der Waals surface area contributed by atoms with E-state index in [1.807, 2.05) is 0 Å². The first-order valence-corrected chi connectivity index (χ1v) is 6.28. The fourth-order valence-corrected chi connectivity index (χ4v) is 2.29. The SMILES string of the molecule is Cc1ccccc1C1CC1CNC(C)(C)C. The Balaban J connectivity index is 1.90. The van der Waals surface area contributed by atoms with Crippen LogP contribution in [-0.4, -0.2) is 12.1 Å². The molecule has 0 heterocycles. The number of aryl methyl sites for hydroxylation is 1. The molecule has 1 aliphatic rings. The van der Waals surface area contributed by atoms with Gasteiger partial charge in [0.2, 0.25) is 0 Å². The topological polar surface area (TPSA) is 12.0 Å². The van der Waals surface area contributed by atoms with Crippen molar-refractivity contribution in [1.82, 2.24) is 5.32 Å². The van der Waals surface area contributed by atoms with Gasteiger partial charge in [-0.05, 0) is 63.6 Å². The summed E-state index contributed by atoms with van der Waals surface area (Å²) >= 11 is 0. The van der Waals surface area contributed by atoms with Gasteiger partial charge in [-0.25, -0.2) is 0 Å². The van der Waals surface area contributed by atoms with Crippen LogP contribution in [0.25, 0.3) is 0 Å². The van der Waals surface area contributed by atoms with Crippen LogP contribution in [0, 0.1) is 12.8 Å². The Kier molecular flexibility index (Phi) is 3.07. The zero-order chi connectivity index (χ0) is 11.8. The normalized spacial score (nSPS) is 24.5. The first-order valence-electron chi connectivity index (χ1n) is 6.28. The molecule has 0 bridgehead atoms. The smallest absolute Gasteiger partial charge is 0.00966 e. The Morgan fingerprint density at radius 1 is 1.25 bits per heavy atom. The van der Waals surface area contributed by atoms with Crippen molar-refractivity contribution in [2.75, 3.05) is 6.54 Å². The van der Waals surface area contributed by atoms with Crippen molar-refractivity contribution in [1.29, 1.82) is 0 Å². The lowest BCUT2D eigenvalue weighted by Gasteiger charge is -2.20. The van der Waals surface area contributed by atoms with E-state index in [-0.39, 0.29) is 5.54 Å². The first kappa shape index (κ1) is 11.7. The van der Waals surface area contributed by atoms with Crippen LogP contribution in [0.5, 0.6) is 0 Å². The van der Waals surface area contributed by atoms with E-state index in [1.54, 1.807) is 5.56 Å². The highest BCUT2D eigenvalue weighted by Crippen LogP contribution is 2.48. The molecule has 2 unspecified atom stereocenters. The van der Waals surface area contributed by atoms with E-state index < -0.39 is 0 Å². The standard InChI is InChI=1S/C15H23N/c1-11-7-5-6-8-13(11)14-9-12(14)10-16-15(2,3)4/h5-8,12,14,16H,9-10H2,1-4H3. The quantitative estimate of drug-likeness (QED) is 0.817. The molecule has 2 atom stereocenters. The lowest BCUT2D eigenvalue weighted by molar-refractivity contribution is 0.414. The molecule has 1 fully saturated rings. The Labute approximate surface area is 99.3 Å². The average Bonchev–Trinajstić information content (AvgIpc) is 2.94. The van der Waals surface area contributed by atoms with Gasteiger partial charge in [0.25, 0.3) is 0 Å². The molecular weight excluding hydrogens is 194 g/mol. The molecule has 1 aromatic carbocycles. The van der Waals surface area contributed by atoms with Crippen molar-refractivity contribution >= 4 is 0 Å². The molecule has 0 aromatic heterocycles. The molecule has 88 valence electrons. The summed E-state index contributed by atoms with van der Waals surface area (Å²) in [5, 5.41) is 3.60. The molecule has 16 heavy (non-hydrogen) atoms. The van der Waals surface area contributed by atoms with E-state index in [0.29, 0.717) is 0 Å². The Morgan fingerprint density at radius 3 is 2.56 bits per heavy atom. The van der Waals surface area contributed by atoms with Crippen molar-refractivity contribution in [3.8, 4) is 0 Å². The highest BCUT2D eigenvalue weighted by Gasteiger charge is 2.38. The minimum atomic E-state index is 0.249. The van der Waals surface area contributed by atoms with Gasteiger partial charge in [-0.15, -0.1) is 0 Å². The molecule has 0 spiro atoms. The molecule has 1 nitrogen and oxygen atoms in total. The lowest BCUT2D eigenvalue weighted by atomic mass is 10.0. The fraction of sp³-hybridized carbons (Fsp3) is 0.600. The van der Waals surface area contributed by atoms with Crippen LogP contribution in [0.15, 0.2) is 24.3 Å². The summed E-state index contributed by atoms with van der Waals surface area (Å²) in [6, 6.07) is 8.80. The highest BCUT2D eigenvalue weighted by molar-refractivity contribution is 5.33. The van der Waals surface area contributed by atoms with E-state index >= 15 is 0 Å². The van der Waals surface area contributed by atoms with E-state index in [2.05, 4.69) is 57.3 Å². The predicted octanol–water partition coefficient (Wildman–Crippen LogP) is 3.49. The van der Waals surface area contributed by atoms with Crippen LogP contribution in [0.1, 0.15) is 44.2 Å². The van der Waals surface area contributed by atoms with Gasteiger partial charge in [0.15, 0.2) is 0 Å². The van der Waals surface area contributed by atoms with Crippen LogP contribution < -0.4 is 5.32 Å². The molecule has 1 aromatic rings. The number of rotatable bonds is 3. The van der Waals surface area contributed by atoms with Crippen molar-refractivity contribution in [3.63, 3.8) is 0 Å². The van der Waals surface area contributed by atoms with Crippen LogP contribution in [0.2, 0.25) is 0 Å². The highest BCUT2D eigenvalue weighted by atomic mass is 15.0. The van der Waals surface area contributed by atoms with Crippen molar-refractivity contribution < 1.29 is 0 Å². The third kappa shape index (κ3) is 2.85. The second-order valence-electron chi connectivity index (χ2n) is 6.09. The summed E-state index contributed by atoms with van der Waals surface area (Å²) in [6.45, 7) is 10.1. The number of nitrogens with one attached hydrogen (secondary N) is 1. The summed E-state index contributed by atoms with van der Waals surface area (Å²) in [5.41, 5.74) is 3.26. The molecular formula is C15H23N. The van der Waals surface area contributed by atoms with Gasteiger partial charge in [-0.3, -0.25) is 0 Å². The van der Waals surface area contributed by atoms with Gasteiger partial charge < -0.3 is 5.32 Å². The average molecular weight is 217 g/mol. The fourth-order valence-electron chi connectivity index (χ4n) is 2.29. The summed E-state index contributed by atoms with van der Waals surface area (Å²) in [7, 11) is 0. The van der Waals surface area contributed by atoms with Crippen LogP contribution >= 0.6 is 0 Å². The number of hydrogen-bond acceptors (Lipinski definition) is 1. The molecule has 1 N–H and O–H groups in total. The third-order valence-corrected chi connectivity index (χ3v) is 3.41. The van der Waals surface area contributed by atoms with E-state index in [9.17, 15) is 0 Å². The van der Waals surface area contributed by atoms with Gasteiger partial charge in [-0.1, -0.05) is 24.3 Å². The second-order valence-corrected chi connectivity index (χ2v) is 6.09. The summed E-state index contributed by atoms with van der Waals surface area (Å²) in [6.07, 6.45) is 1.36. The monoisotopic (exact) mass is 217 g/mol. The van der Waals surface area contributed by atoms with Crippen LogP contribution in [-0.2, 0) is 0 Å². The summed E-state index contributed by atoms with van der Waals surface area (Å²) in [4.78, 5) is 0. The molecule has 1 heteroatoms. The lowest BCUT2D eigenvalue weighted by Crippen LogP contribution is -2.37. The minimum absolute atomic E-state index is 0.249. The maximum atomic E-state index is 3.60. The molecule has 0 saturated heterocycles. The Morgan fingerprint density at radius 2 is 1.94 bits per heavy atom. The zero-order valence-electron chi connectivity index (χ0n) is 10.9. The summed E-state index contributed by atoms with van der Waals surface area (Å²) in [5.74, 6) is 1.65. The van der Waals surface area contributed by atoms with E-state index in [0.717, 1.165) is 18.4 Å². The predicted molar refractivity (Wildman–Crippen MR) is 69.8 cm³/mol. The van der Waals surface area contributed by atoms with Crippen molar-refractivity contribution in [2.24, 2.45) is 5.92 Å². The maximum absolute atomic E-state index is 3.60. The Hall–Kier alpha value is -0.820. The molecule has 0 aliphatic heterocycles. The molecule has 1 saturated carbocycles. The van der Waals surface area contributed by atoms with Crippen LogP contribution in [0.3, 0.4) is 0 Å². The molecule has 2 rings (SSSR count). The first-order chi connectivity index (χ1) is 7.47. The second kappa shape index (κ2) is 4.21. The zero-order valence-corrected chi connectivity index (χ0v) is 10.9. The van der Waals surface area contributed by atoms with Gasteiger partial charge in [0.1, 0.15) is 0 Å². The van der Waals surface area contributed by atoms with E-state index in [4.69, 9.17) is 0 Å².